The van der Waals surface area contributed by atoms with E-state index in [4.69, 9.17) is 9.84 Å². The maximum atomic E-state index is 11.4. The fourth-order valence-corrected chi connectivity index (χ4v) is 1.72. The number of amides is 1. The predicted octanol–water partition coefficient (Wildman–Crippen LogP) is 1.09. The Bertz CT molecular complexity index is 538. The molecule has 1 amide bonds. The summed E-state index contributed by atoms with van der Waals surface area (Å²) in [7, 11) is 0. The highest BCUT2D eigenvalue weighted by Gasteiger charge is 2.20. The standard InChI is InChI=1S/C15H22N2O6/c1-15(2,3)23-14(22)16-7-6-11(18)12(19)9-4-5-10(13(20)21)17-8-9/h4-5,8,11-12,18-19H,6-7H2,1-3H3,(H,16,22)(H,20,21). The number of carboxylic acids is 1. The second-order valence-electron chi connectivity index (χ2n) is 6.01. The number of ether oxygens (including phenoxy) is 1. The molecular formula is C15H22N2O6. The molecule has 0 aromatic carbocycles. The highest BCUT2D eigenvalue weighted by Crippen LogP contribution is 2.18. The summed E-state index contributed by atoms with van der Waals surface area (Å²) in [6.07, 6.45) is -1.68. The van der Waals surface area contributed by atoms with E-state index in [1.54, 1.807) is 20.8 Å². The normalized spacial score (nSPS) is 14.0. The van der Waals surface area contributed by atoms with Crippen molar-refractivity contribution in [1.82, 2.24) is 10.3 Å². The Morgan fingerprint density at radius 2 is 1.96 bits per heavy atom. The van der Waals surface area contributed by atoms with E-state index in [1.165, 1.54) is 18.3 Å². The first-order valence-corrected chi connectivity index (χ1v) is 7.12. The van der Waals surface area contributed by atoms with E-state index in [-0.39, 0.29) is 18.7 Å². The Morgan fingerprint density at radius 1 is 1.30 bits per heavy atom. The van der Waals surface area contributed by atoms with Crippen LogP contribution in [-0.2, 0) is 4.74 Å². The molecule has 8 nitrogen and oxygen atoms in total. The number of pyridine rings is 1. The van der Waals surface area contributed by atoms with Crippen molar-refractivity contribution >= 4 is 12.1 Å². The van der Waals surface area contributed by atoms with Crippen molar-refractivity contribution in [3.8, 4) is 0 Å². The summed E-state index contributed by atoms with van der Waals surface area (Å²) < 4.78 is 5.04. The third-order valence-corrected chi connectivity index (χ3v) is 2.82. The smallest absolute Gasteiger partial charge is 0.407 e. The van der Waals surface area contributed by atoms with E-state index in [2.05, 4.69) is 10.3 Å². The van der Waals surface area contributed by atoms with E-state index < -0.39 is 29.9 Å². The molecule has 0 aliphatic heterocycles. The van der Waals surface area contributed by atoms with Crippen molar-refractivity contribution in [3.05, 3.63) is 29.6 Å². The largest absolute Gasteiger partial charge is 0.477 e. The van der Waals surface area contributed by atoms with Crippen LogP contribution in [0.2, 0.25) is 0 Å². The van der Waals surface area contributed by atoms with Gasteiger partial charge in [0.05, 0.1) is 6.10 Å². The number of carboxylic acid groups (broad SMARTS) is 1. The van der Waals surface area contributed by atoms with Gasteiger partial charge in [-0.05, 0) is 33.3 Å². The van der Waals surface area contributed by atoms with E-state index in [0.29, 0.717) is 5.56 Å². The molecule has 0 spiro atoms. The molecule has 0 aliphatic rings. The van der Waals surface area contributed by atoms with Crippen LogP contribution < -0.4 is 5.32 Å². The molecule has 0 saturated heterocycles. The molecule has 128 valence electrons. The molecule has 0 aliphatic carbocycles. The zero-order valence-corrected chi connectivity index (χ0v) is 13.3. The lowest BCUT2D eigenvalue weighted by atomic mass is 10.0. The highest BCUT2D eigenvalue weighted by molar-refractivity contribution is 5.85. The summed E-state index contributed by atoms with van der Waals surface area (Å²) in [6, 6.07) is 2.62. The molecule has 2 unspecified atom stereocenters. The van der Waals surface area contributed by atoms with Gasteiger partial charge in [0.2, 0.25) is 0 Å². The van der Waals surface area contributed by atoms with Gasteiger partial charge in [0.25, 0.3) is 0 Å². The molecule has 0 radical (unpaired) electrons. The SMILES string of the molecule is CC(C)(C)OC(=O)NCCC(O)C(O)c1ccc(C(=O)O)nc1. The molecule has 0 bridgehead atoms. The van der Waals surface area contributed by atoms with Gasteiger partial charge < -0.3 is 25.4 Å². The van der Waals surface area contributed by atoms with Gasteiger partial charge in [-0.15, -0.1) is 0 Å². The first-order chi connectivity index (χ1) is 10.6. The minimum Gasteiger partial charge on any atom is -0.477 e. The molecule has 0 fully saturated rings. The average molecular weight is 326 g/mol. The van der Waals surface area contributed by atoms with Crippen molar-refractivity contribution < 1.29 is 29.6 Å². The minimum absolute atomic E-state index is 0.0983. The first-order valence-electron chi connectivity index (χ1n) is 7.12. The maximum absolute atomic E-state index is 11.4. The molecule has 1 aromatic heterocycles. The topological polar surface area (TPSA) is 129 Å². The van der Waals surface area contributed by atoms with Crippen molar-refractivity contribution in [2.24, 2.45) is 0 Å². The van der Waals surface area contributed by atoms with Crippen LogP contribution in [-0.4, -0.2) is 50.6 Å². The van der Waals surface area contributed by atoms with Crippen LogP contribution in [0, 0.1) is 0 Å². The van der Waals surface area contributed by atoms with Crippen LogP contribution >= 0.6 is 0 Å². The lowest BCUT2D eigenvalue weighted by molar-refractivity contribution is 0.0121. The van der Waals surface area contributed by atoms with Crippen LogP contribution in [0.4, 0.5) is 4.79 Å². The summed E-state index contributed by atoms with van der Waals surface area (Å²) in [5, 5.41) is 31.1. The third kappa shape index (κ3) is 6.62. The monoisotopic (exact) mass is 326 g/mol. The number of alkyl carbamates (subject to hydrolysis) is 1. The summed E-state index contributed by atoms with van der Waals surface area (Å²) in [4.78, 5) is 25.8. The van der Waals surface area contributed by atoms with Crippen molar-refractivity contribution in [2.75, 3.05) is 6.54 Å². The van der Waals surface area contributed by atoms with Crippen molar-refractivity contribution in [2.45, 2.75) is 45.0 Å². The number of nitrogens with zero attached hydrogens (tertiary/aromatic N) is 1. The fourth-order valence-electron chi connectivity index (χ4n) is 1.72. The van der Waals surface area contributed by atoms with Crippen molar-refractivity contribution in [1.29, 1.82) is 0 Å². The molecule has 0 saturated carbocycles. The minimum atomic E-state index is -1.23. The summed E-state index contributed by atoms with van der Waals surface area (Å²) in [5.41, 5.74) is -0.471. The molecule has 23 heavy (non-hydrogen) atoms. The van der Waals surface area contributed by atoms with Crippen LogP contribution in [0.1, 0.15) is 49.3 Å². The van der Waals surface area contributed by atoms with E-state index >= 15 is 0 Å². The molecule has 2 atom stereocenters. The number of carbonyl (C=O) groups is 2. The zero-order chi connectivity index (χ0) is 17.6. The maximum Gasteiger partial charge on any atom is 0.407 e. The predicted molar refractivity (Wildman–Crippen MR) is 81.0 cm³/mol. The summed E-state index contributed by atoms with van der Waals surface area (Å²) in [6.45, 7) is 5.32. The Morgan fingerprint density at radius 3 is 2.43 bits per heavy atom. The zero-order valence-electron chi connectivity index (χ0n) is 13.3. The second-order valence-corrected chi connectivity index (χ2v) is 6.01. The molecule has 4 N–H and O–H groups in total. The molecule has 1 heterocycles. The lowest BCUT2D eigenvalue weighted by Gasteiger charge is -2.21. The summed E-state index contributed by atoms with van der Waals surface area (Å²) >= 11 is 0. The number of aliphatic hydroxyl groups is 2. The Balaban J connectivity index is 2.46. The van der Waals surface area contributed by atoms with Crippen molar-refractivity contribution in [3.63, 3.8) is 0 Å². The quantitative estimate of drug-likeness (QED) is 0.615. The van der Waals surface area contributed by atoms with Crippen LogP contribution in [0.25, 0.3) is 0 Å². The lowest BCUT2D eigenvalue weighted by Crippen LogP contribution is -2.34. The van der Waals surface area contributed by atoms with E-state index in [1.807, 2.05) is 0 Å². The molecule has 8 heteroatoms. The number of hydrogen-bond donors (Lipinski definition) is 4. The number of carbonyl (C=O) groups excluding carboxylic acids is 1. The van der Waals surface area contributed by atoms with Gasteiger partial charge in [-0.2, -0.15) is 0 Å². The first kappa shape index (κ1) is 18.9. The number of aromatic carboxylic acids is 1. The van der Waals surface area contributed by atoms with Gasteiger partial charge in [-0.25, -0.2) is 14.6 Å². The fraction of sp³-hybridized carbons (Fsp3) is 0.533. The Hall–Kier alpha value is -2.19. The number of rotatable bonds is 6. The number of aromatic nitrogens is 1. The highest BCUT2D eigenvalue weighted by atomic mass is 16.6. The number of nitrogens with one attached hydrogen (secondary N) is 1. The van der Waals surface area contributed by atoms with Crippen LogP contribution in [0.5, 0.6) is 0 Å². The van der Waals surface area contributed by atoms with E-state index in [0.717, 1.165) is 0 Å². The van der Waals surface area contributed by atoms with Gasteiger partial charge in [0, 0.05) is 18.3 Å². The Labute approximate surface area is 134 Å². The van der Waals surface area contributed by atoms with Gasteiger partial charge >= 0.3 is 12.1 Å². The average Bonchev–Trinajstić information content (AvgIpc) is 2.44. The molecule has 1 rings (SSSR count). The molecule has 1 aromatic rings. The van der Waals surface area contributed by atoms with E-state index in [9.17, 15) is 19.8 Å². The Kier molecular flexibility index (Phi) is 6.47. The van der Waals surface area contributed by atoms with Gasteiger partial charge in [0.1, 0.15) is 17.4 Å². The number of aliphatic hydroxyl groups excluding tert-OH is 2. The van der Waals surface area contributed by atoms with Gasteiger partial charge in [-0.3, -0.25) is 0 Å². The van der Waals surface area contributed by atoms with Gasteiger partial charge in [-0.1, -0.05) is 6.07 Å². The van der Waals surface area contributed by atoms with Crippen LogP contribution in [0.3, 0.4) is 0 Å². The number of hydrogen-bond acceptors (Lipinski definition) is 6. The van der Waals surface area contributed by atoms with Crippen LogP contribution in [0.15, 0.2) is 18.3 Å². The third-order valence-electron chi connectivity index (χ3n) is 2.82. The molecular weight excluding hydrogens is 304 g/mol. The summed E-state index contributed by atoms with van der Waals surface area (Å²) in [5.74, 6) is -1.17. The van der Waals surface area contributed by atoms with Gasteiger partial charge in [0.15, 0.2) is 0 Å². The second kappa shape index (κ2) is 7.89.